The van der Waals surface area contributed by atoms with E-state index in [9.17, 15) is 14.4 Å². The standard InChI is InChI=1S/C23H21N3O3/c1-13-6-4-7-14(12-13)26-20(27)18-17-10-5-11-25(17)23(19(18)21(26)28)15-8-2-3-9-16(15)24-22(23)29/h2-4,6-9,12,17-19H,5,10-11H2,1H3,(H,24,29)/t17-,18+,19-,23-/m1/s1. The Kier molecular flexibility index (Phi) is 3.23. The topological polar surface area (TPSA) is 69.7 Å². The normalized spacial score (nSPS) is 32.7. The number of rotatable bonds is 1. The number of nitrogens with zero attached hydrogens (tertiary/aromatic N) is 2. The Morgan fingerprint density at radius 3 is 2.69 bits per heavy atom. The summed E-state index contributed by atoms with van der Waals surface area (Å²) in [5.74, 6) is -1.78. The number of hydrogen-bond acceptors (Lipinski definition) is 4. The average molecular weight is 387 g/mol. The maximum absolute atomic E-state index is 13.8. The van der Waals surface area contributed by atoms with E-state index in [-0.39, 0.29) is 23.8 Å². The van der Waals surface area contributed by atoms with Crippen LogP contribution in [-0.2, 0) is 19.9 Å². The molecular weight excluding hydrogens is 366 g/mol. The van der Waals surface area contributed by atoms with Gasteiger partial charge in [0.2, 0.25) is 17.7 Å². The number of benzene rings is 2. The molecule has 6 heteroatoms. The van der Waals surface area contributed by atoms with Crippen LogP contribution in [-0.4, -0.2) is 35.2 Å². The fraction of sp³-hybridized carbons (Fsp3) is 0.348. The summed E-state index contributed by atoms with van der Waals surface area (Å²) in [5.41, 5.74) is 2.07. The zero-order valence-corrected chi connectivity index (χ0v) is 16.1. The molecule has 4 atom stereocenters. The third kappa shape index (κ3) is 1.88. The highest BCUT2D eigenvalue weighted by Crippen LogP contribution is 2.60. The van der Waals surface area contributed by atoms with Crippen molar-refractivity contribution in [1.29, 1.82) is 0 Å². The molecule has 3 fully saturated rings. The van der Waals surface area contributed by atoms with Crippen LogP contribution in [0.4, 0.5) is 11.4 Å². The number of carbonyl (C=O) groups is 3. The van der Waals surface area contributed by atoms with Gasteiger partial charge in [-0.1, -0.05) is 30.3 Å². The van der Waals surface area contributed by atoms with E-state index in [2.05, 4.69) is 10.2 Å². The molecule has 6 rings (SSSR count). The first-order valence-electron chi connectivity index (χ1n) is 10.2. The number of anilines is 2. The maximum Gasteiger partial charge on any atom is 0.250 e. The summed E-state index contributed by atoms with van der Waals surface area (Å²) < 4.78 is 0. The van der Waals surface area contributed by atoms with E-state index in [0.717, 1.165) is 36.2 Å². The third-order valence-corrected chi connectivity index (χ3v) is 7.16. The molecule has 0 unspecified atom stereocenters. The lowest BCUT2D eigenvalue weighted by molar-refractivity contribution is -0.135. The van der Waals surface area contributed by atoms with E-state index >= 15 is 0 Å². The van der Waals surface area contributed by atoms with Gasteiger partial charge in [-0.2, -0.15) is 0 Å². The number of aryl methyl sites for hydroxylation is 1. The van der Waals surface area contributed by atoms with Crippen molar-refractivity contribution in [2.45, 2.75) is 31.3 Å². The highest BCUT2D eigenvalue weighted by molar-refractivity contribution is 6.25. The molecule has 0 aromatic heterocycles. The zero-order chi connectivity index (χ0) is 19.9. The molecule has 3 saturated heterocycles. The number of hydrogen-bond donors (Lipinski definition) is 1. The molecule has 146 valence electrons. The monoisotopic (exact) mass is 387 g/mol. The molecule has 6 nitrogen and oxygen atoms in total. The first-order chi connectivity index (χ1) is 14.0. The van der Waals surface area contributed by atoms with Crippen molar-refractivity contribution in [3.63, 3.8) is 0 Å². The number of carbonyl (C=O) groups excluding carboxylic acids is 3. The summed E-state index contributed by atoms with van der Waals surface area (Å²) in [7, 11) is 0. The number of para-hydroxylation sites is 1. The summed E-state index contributed by atoms with van der Waals surface area (Å²) in [6.07, 6.45) is 1.76. The molecular formula is C23H21N3O3. The molecule has 0 aliphatic carbocycles. The van der Waals surface area contributed by atoms with E-state index in [0.29, 0.717) is 5.69 Å². The fourth-order valence-electron chi connectivity index (χ4n) is 6.18. The van der Waals surface area contributed by atoms with Crippen LogP contribution in [0, 0.1) is 18.8 Å². The predicted molar refractivity (Wildman–Crippen MR) is 107 cm³/mol. The van der Waals surface area contributed by atoms with Crippen LogP contribution in [0.3, 0.4) is 0 Å². The quantitative estimate of drug-likeness (QED) is 0.763. The van der Waals surface area contributed by atoms with Crippen molar-refractivity contribution >= 4 is 29.1 Å². The first kappa shape index (κ1) is 16.9. The number of nitrogens with one attached hydrogen (secondary N) is 1. The predicted octanol–water partition coefficient (Wildman–Crippen LogP) is 2.43. The maximum atomic E-state index is 13.8. The number of fused-ring (bicyclic) bond motifs is 7. The van der Waals surface area contributed by atoms with Crippen molar-refractivity contribution < 1.29 is 14.4 Å². The van der Waals surface area contributed by atoms with Crippen molar-refractivity contribution in [1.82, 2.24) is 4.90 Å². The number of amides is 3. The lowest BCUT2D eigenvalue weighted by Crippen LogP contribution is -2.54. The lowest BCUT2D eigenvalue weighted by Gasteiger charge is -2.36. The summed E-state index contributed by atoms with van der Waals surface area (Å²) in [4.78, 5) is 44.2. The summed E-state index contributed by atoms with van der Waals surface area (Å²) in [5, 5.41) is 2.99. The summed E-state index contributed by atoms with van der Waals surface area (Å²) in [6.45, 7) is 2.67. The van der Waals surface area contributed by atoms with Crippen molar-refractivity contribution in [2.75, 3.05) is 16.8 Å². The van der Waals surface area contributed by atoms with Gasteiger partial charge in [-0.25, -0.2) is 4.90 Å². The Bertz CT molecular complexity index is 1100. The highest BCUT2D eigenvalue weighted by Gasteiger charge is 2.74. The van der Waals surface area contributed by atoms with E-state index in [4.69, 9.17) is 0 Å². The smallest absolute Gasteiger partial charge is 0.250 e. The van der Waals surface area contributed by atoms with Gasteiger partial charge in [0.25, 0.3) is 0 Å². The van der Waals surface area contributed by atoms with Crippen LogP contribution >= 0.6 is 0 Å². The Hall–Kier alpha value is -2.99. The van der Waals surface area contributed by atoms with Gasteiger partial charge in [-0.05, 0) is 50.1 Å². The second kappa shape index (κ2) is 5.54. The van der Waals surface area contributed by atoms with Gasteiger partial charge >= 0.3 is 0 Å². The van der Waals surface area contributed by atoms with E-state index in [1.807, 2.05) is 49.4 Å². The van der Waals surface area contributed by atoms with Gasteiger partial charge in [0.1, 0.15) is 5.54 Å². The van der Waals surface area contributed by atoms with Crippen molar-refractivity contribution in [3.8, 4) is 0 Å². The van der Waals surface area contributed by atoms with Crippen molar-refractivity contribution in [2.24, 2.45) is 11.8 Å². The average Bonchev–Trinajstić information content (AvgIpc) is 3.40. The molecule has 3 amide bonds. The molecule has 0 radical (unpaired) electrons. The zero-order valence-electron chi connectivity index (χ0n) is 16.1. The summed E-state index contributed by atoms with van der Waals surface area (Å²) >= 11 is 0. The lowest BCUT2D eigenvalue weighted by atomic mass is 9.75. The van der Waals surface area contributed by atoms with Crippen LogP contribution in [0.2, 0.25) is 0 Å². The molecule has 4 heterocycles. The second-order valence-electron chi connectivity index (χ2n) is 8.52. The molecule has 0 bridgehead atoms. The van der Waals surface area contributed by atoms with Crippen LogP contribution in [0.1, 0.15) is 24.0 Å². The largest absolute Gasteiger partial charge is 0.324 e. The minimum atomic E-state index is -1.09. The molecule has 4 aliphatic heterocycles. The van der Waals surface area contributed by atoms with Gasteiger partial charge in [0.15, 0.2) is 0 Å². The van der Waals surface area contributed by atoms with Crippen LogP contribution in [0.15, 0.2) is 48.5 Å². The summed E-state index contributed by atoms with van der Waals surface area (Å²) in [6, 6.07) is 15.0. The van der Waals surface area contributed by atoms with Crippen LogP contribution < -0.4 is 10.2 Å². The van der Waals surface area contributed by atoms with E-state index in [1.54, 1.807) is 6.07 Å². The minimum Gasteiger partial charge on any atom is -0.324 e. The molecule has 0 saturated carbocycles. The molecule has 29 heavy (non-hydrogen) atoms. The molecule has 2 aromatic carbocycles. The first-order valence-corrected chi connectivity index (χ1v) is 10.2. The Labute approximate surface area is 168 Å². The van der Waals surface area contributed by atoms with Gasteiger partial charge in [-0.3, -0.25) is 19.3 Å². The van der Waals surface area contributed by atoms with Gasteiger partial charge in [0, 0.05) is 17.3 Å². The van der Waals surface area contributed by atoms with Crippen molar-refractivity contribution in [3.05, 3.63) is 59.7 Å². The molecule has 4 aliphatic rings. The van der Waals surface area contributed by atoms with E-state index in [1.165, 1.54) is 4.90 Å². The van der Waals surface area contributed by atoms with E-state index < -0.39 is 17.4 Å². The SMILES string of the molecule is Cc1cccc(N2C(=O)[C@H]3[C@H]4CCCN4[C@@]4(C(=O)Nc5ccccc54)[C@H]3C2=O)c1. The minimum absolute atomic E-state index is 0.0804. The Balaban J connectivity index is 1.56. The molecule has 1 N–H and O–H groups in total. The van der Waals surface area contributed by atoms with Crippen LogP contribution in [0.25, 0.3) is 0 Å². The number of imide groups is 1. The second-order valence-corrected chi connectivity index (χ2v) is 8.52. The fourth-order valence-corrected chi connectivity index (χ4v) is 6.18. The Morgan fingerprint density at radius 1 is 1.03 bits per heavy atom. The highest BCUT2D eigenvalue weighted by atomic mass is 16.2. The molecule has 1 spiro atoms. The Morgan fingerprint density at radius 2 is 1.86 bits per heavy atom. The molecule has 2 aromatic rings. The van der Waals surface area contributed by atoms with Gasteiger partial charge in [-0.15, -0.1) is 0 Å². The van der Waals surface area contributed by atoms with Gasteiger partial charge in [0.05, 0.1) is 17.5 Å². The van der Waals surface area contributed by atoms with Crippen LogP contribution in [0.5, 0.6) is 0 Å². The third-order valence-electron chi connectivity index (χ3n) is 7.16. The van der Waals surface area contributed by atoms with Gasteiger partial charge < -0.3 is 5.32 Å².